The fraction of sp³-hybridized carbons (Fsp3) is 0.889. The van der Waals surface area contributed by atoms with Crippen LogP contribution in [-0.2, 0) is 28.6 Å². The topological polar surface area (TPSA) is 78.9 Å². The molecule has 0 bridgehead atoms. The monoisotopic (exact) mass is 721 g/mol. The zero-order chi connectivity index (χ0) is 37.3. The molecule has 0 radical (unpaired) electrons. The quantitative estimate of drug-likeness (QED) is 0.0271. The predicted octanol–water partition coefficient (Wildman–Crippen LogP) is 13.9. The summed E-state index contributed by atoms with van der Waals surface area (Å²) in [6.07, 6.45) is 42.2. The molecule has 6 nitrogen and oxygen atoms in total. The van der Waals surface area contributed by atoms with Crippen LogP contribution in [-0.4, -0.2) is 37.2 Å². The van der Waals surface area contributed by atoms with Crippen LogP contribution < -0.4 is 0 Å². The van der Waals surface area contributed by atoms with Crippen LogP contribution in [0, 0.1) is 0 Å². The van der Waals surface area contributed by atoms with E-state index in [-0.39, 0.29) is 31.1 Å². The molecule has 0 aromatic carbocycles. The highest BCUT2D eigenvalue weighted by Crippen LogP contribution is 2.14. The third-order valence-corrected chi connectivity index (χ3v) is 9.77. The van der Waals surface area contributed by atoms with E-state index in [0.29, 0.717) is 19.3 Å². The first-order valence-electron chi connectivity index (χ1n) is 22.2. The van der Waals surface area contributed by atoms with Crippen molar-refractivity contribution in [1.29, 1.82) is 0 Å². The molecule has 0 aliphatic heterocycles. The lowest BCUT2D eigenvalue weighted by Gasteiger charge is -2.18. The normalized spacial score (nSPS) is 12.0. The summed E-state index contributed by atoms with van der Waals surface area (Å²) < 4.78 is 16.6. The maximum absolute atomic E-state index is 12.6. The van der Waals surface area contributed by atoms with E-state index in [2.05, 4.69) is 32.9 Å². The van der Waals surface area contributed by atoms with Gasteiger partial charge in [-0.15, -0.1) is 0 Å². The summed E-state index contributed by atoms with van der Waals surface area (Å²) >= 11 is 0. The van der Waals surface area contributed by atoms with Gasteiger partial charge < -0.3 is 14.2 Å². The molecule has 0 aromatic heterocycles. The molecule has 300 valence electrons. The van der Waals surface area contributed by atoms with Gasteiger partial charge in [-0.1, -0.05) is 187 Å². The van der Waals surface area contributed by atoms with Crippen LogP contribution in [0.3, 0.4) is 0 Å². The lowest BCUT2D eigenvalue weighted by atomic mass is 10.1. The van der Waals surface area contributed by atoms with Crippen molar-refractivity contribution in [2.24, 2.45) is 0 Å². The van der Waals surface area contributed by atoms with Gasteiger partial charge in [-0.25, -0.2) is 0 Å². The number of esters is 3. The van der Waals surface area contributed by atoms with Gasteiger partial charge in [0.1, 0.15) is 13.2 Å². The molecule has 0 heterocycles. The second kappa shape index (κ2) is 40.9. The van der Waals surface area contributed by atoms with Gasteiger partial charge in [0, 0.05) is 19.3 Å². The van der Waals surface area contributed by atoms with E-state index in [9.17, 15) is 14.4 Å². The Labute approximate surface area is 316 Å². The molecule has 0 N–H and O–H groups in total. The van der Waals surface area contributed by atoms with Crippen molar-refractivity contribution in [2.45, 2.75) is 245 Å². The highest BCUT2D eigenvalue weighted by Gasteiger charge is 2.19. The van der Waals surface area contributed by atoms with Crippen molar-refractivity contribution in [3.8, 4) is 0 Å². The molecule has 51 heavy (non-hydrogen) atoms. The minimum Gasteiger partial charge on any atom is -0.462 e. The van der Waals surface area contributed by atoms with Crippen LogP contribution in [0.4, 0.5) is 0 Å². The number of unbranched alkanes of at least 4 members (excludes halogenated alkanes) is 27. The van der Waals surface area contributed by atoms with Gasteiger partial charge in [0.25, 0.3) is 0 Å². The number of hydrogen-bond donors (Lipinski definition) is 0. The van der Waals surface area contributed by atoms with Crippen molar-refractivity contribution in [2.75, 3.05) is 13.2 Å². The van der Waals surface area contributed by atoms with Crippen molar-refractivity contribution >= 4 is 17.9 Å². The van der Waals surface area contributed by atoms with Crippen molar-refractivity contribution in [1.82, 2.24) is 0 Å². The summed E-state index contributed by atoms with van der Waals surface area (Å²) in [6, 6.07) is 0. The smallest absolute Gasteiger partial charge is 0.306 e. The molecule has 0 fully saturated rings. The number of ether oxygens (including phenoxy) is 3. The molecule has 0 aromatic rings. The van der Waals surface area contributed by atoms with E-state index in [1.54, 1.807) is 0 Å². The van der Waals surface area contributed by atoms with Crippen LogP contribution in [0.1, 0.15) is 239 Å². The van der Waals surface area contributed by atoms with Crippen LogP contribution in [0.5, 0.6) is 0 Å². The lowest BCUT2D eigenvalue weighted by molar-refractivity contribution is -0.167. The molecule has 0 spiro atoms. The van der Waals surface area contributed by atoms with Crippen LogP contribution in [0.2, 0.25) is 0 Å². The van der Waals surface area contributed by atoms with Crippen LogP contribution in [0.15, 0.2) is 12.2 Å². The molecule has 0 saturated carbocycles. The lowest BCUT2D eigenvalue weighted by Crippen LogP contribution is -2.30. The third-order valence-electron chi connectivity index (χ3n) is 9.77. The Morgan fingerprint density at radius 1 is 0.373 bits per heavy atom. The average molecular weight is 721 g/mol. The third kappa shape index (κ3) is 39.2. The van der Waals surface area contributed by atoms with E-state index >= 15 is 0 Å². The largest absolute Gasteiger partial charge is 0.462 e. The molecule has 1 atom stereocenters. The fourth-order valence-corrected chi connectivity index (χ4v) is 6.38. The number of carbonyl (C=O) groups is 3. The summed E-state index contributed by atoms with van der Waals surface area (Å²) in [5.74, 6) is -0.879. The number of rotatable bonds is 40. The summed E-state index contributed by atoms with van der Waals surface area (Å²) in [4.78, 5) is 37.4. The van der Waals surface area contributed by atoms with Gasteiger partial charge in [-0.3, -0.25) is 14.4 Å². The summed E-state index contributed by atoms with van der Waals surface area (Å²) in [7, 11) is 0. The fourth-order valence-electron chi connectivity index (χ4n) is 6.38. The highest BCUT2D eigenvalue weighted by atomic mass is 16.6. The molecule has 0 aliphatic rings. The highest BCUT2D eigenvalue weighted by molar-refractivity contribution is 5.71. The predicted molar refractivity (Wildman–Crippen MR) is 215 cm³/mol. The van der Waals surface area contributed by atoms with Gasteiger partial charge in [-0.05, 0) is 44.9 Å². The molecular weight excluding hydrogens is 636 g/mol. The van der Waals surface area contributed by atoms with Gasteiger partial charge in [0.15, 0.2) is 6.10 Å². The molecule has 0 rings (SSSR count). The number of hydrogen-bond acceptors (Lipinski definition) is 6. The van der Waals surface area contributed by atoms with E-state index < -0.39 is 6.10 Å². The SMILES string of the molecule is CCCCCCCC/C=C\CCCCCCCCCCCC(=O)OCC(COC(=O)CCCCCCCCC)OC(=O)CCCCCCCCC. The Hall–Kier alpha value is -1.85. The maximum atomic E-state index is 12.6. The summed E-state index contributed by atoms with van der Waals surface area (Å²) in [5, 5.41) is 0. The molecular formula is C45H84O6. The maximum Gasteiger partial charge on any atom is 0.306 e. The van der Waals surface area contributed by atoms with Gasteiger partial charge in [0.2, 0.25) is 0 Å². The average Bonchev–Trinajstić information content (AvgIpc) is 3.12. The first-order chi connectivity index (χ1) is 25.0. The van der Waals surface area contributed by atoms with Crippen LogP contribution >= 0.6 is 0 Å². The van der Waals surface area contributed by atoms with E-state index in [4.69, 9.17) is 14.2 Å². The minimum atomic E-state index is -0.759. The van der Waals surface area contributed by atoms with Crippen molar-refractivity contribution < 1.29 is 28.6 Å². The Morgan fingerprint density at radius 3 is 0.980 bits per heavy atom. The second-order valence-corrected chi connectivity index (χ2v) is 15.0. The zero-order valence-corrected chi connectivity index (χ0v) is 34.1. The van der Waals surface area contributed by atoms with Crippen molar-refractivity contribution in [3.63, 3.8) is 0 Å². The number of allylic oxidation sites excluding steroid dienone is 2. The second-order valence-electron chi connectivity index (χ2n) is 15.0. The molecule has 6 heteroatoms. The Balaban J connectivity index is 4.12. The van der Waals surface area contributed by atoms with Gasteiger partial charge >= 0.3 is 17.9 Å². The standard InChI is InChI=1S/C45H84O6/c1-4-7-10-13-16-17-18-19-20-21-22-23-24-25-26-27-30-32-35-38-44(47)50-41-42(51-45(48)39-36-33-29-15-12-9-6-3)40-49-43(46)37-34-31-28-14-11-8-5-2/h19-20,42H,4-18,21-41H2,1-3H3/b20-19-. The first kappa shape index (κ1) is 49.1. The first-order valence-corrected chi connectivity index (χ1v) is 22.2. The van der Waals surface area contributed by atoms with E-state index in [1.807, 2.05) is 0 Å². The van der Waals surface area contributed by atoms with E-state index in [1.165, 1.54) is 141 Å². The number of carbonyl (C=O) groups excluding carboxylic acids is 3. The van der Waals surface area contributed by atoms with Gasteiger partial charge in [0.05, 0.1) is 0 Å². The molecule has 0 aliphatic carbocycles. The summed E-state index contributed by atoms with van der Waals surface area (Å²) in [6.45, 7) is 6.55. The minimum absolute atomic E-state index is 0.0681. The Kier molecular flexibility index (Phi) is 39.4. The molecule has 1 unspecified atom stereocenters. The Morgan fingerprint density at radius 2 is 0.647 bits per heavy atom. The van der Waals surface area contributed by atoms with E-state index in [0.717, 1.165) is 57.8 Å². The zero-order valence-electron chi connectivity index (χ0n) is 34.1. The van der Waals surface area contributed by atoms with Crippen molar-refractivity contribution in [3.05, 3.63) is 12.2 Å². The Bertz CT molecular complexity index is 794. The summed E-state index contributed by atoms with van der Waals surface area (Å²) in [5.41, 5.74) is 0. The molecule has 0 amide bonds. The molecule has 0 saturated heterocycles. The van der Waals surface area contributed by atoms with Gasteiger partial charge in [-0.2, -0.15) is 0 Å². The van der Waals surface area contributed by atoms with Crippen LogP contribution in [0.25, 0.3) is 0 Å².